The molecule has 0 saturated heterocycles. The van der Waals surface area contributed by atoms with Gasteiger partial charge in [0.05, 0.1) is 6.10 Å². The van der Waals surface area contributed by atoms with E-state index in [4.69, 9.17) is 16.4 Å². The van der Waals surface area contributed by atoms with Crippen LogP contribution in [0.5, 0.6) is 0 Å². The summed E-state index contributed by atoms with van der Waals surface area (Å²) >= 11 is 6.10. The molecule has 1 N–H and O–H groups in total. The molecule has 104 valence electrons. The quantitative estimate of drug-likeness (QED) is 0.695. The van der Waals surface area contributed by atoms with E-state index in [9.17, 15) is 4.79 Å². The van der Waals surface area contributed by atoms with Gasteiger partial charge in [-0.2, -0.15) is 0 Å². The first-order chi connectivity index (χ1) is 9.74. The molecule has 0 unspecified atom stereocenters. The van der Waals surface area contributed by atoms with E-state index in [0.29, 0.717) is 5.15 Å². The third kappa shape index (κ3) is 2.76. The number of nitrogens with one attached hydrogen (secondary N) is 1. The third-order valence-corrected chi connectivity index (χ3v) is 3.84. The van der Waals surface area contributed by atoms with E-state index >= 15 is 0 Å². The Morgan fingerprint density at radius 2 is 2.05 bits per heavy atom. The lowest BCUT2D eigenvalue weighted by molar-refractivity contribution is -0.0127. The second-order valence-corrected chi connectivity index (χ2v) is 5.33. The predicted molar refractivity (Wildman–Crippen MR) is 77.6 cm³/mol. The van der Waals surface area contributed by atoms with Crippen LogP contribution in [-0.4, -0.2) is 17.0 Å². The van der Waals surface area contributed by atoms with Gasteiger partial charge in [0.25, 0.3) is 5.91 Å². The lowest BCUT2D eigenvalue weighted by Gasteiger charge is -2.11. The molecule has 5 heteroatoms. The molecule has 20 heavy (non-hydrogen) atoms. The van der Waals surface area contributed by atoms with Crippen LogP contribution in [0.1, 0.15) is 36.2 Å². The van der Waals surface area contributed by atoms with Gasteiger partial charge in [0.15, 0.2) is 0 Å². The van der Waals surface area contributed by atoms with Gasteiger partial charge in [-0.15, -0.1) is 0 Å². The highest BCUT2D eigenvalue weighted by Crippen LogP contribution is 2.23. The van der Waals surface area contributed by atoms with Gasteiger partial charge in [-0.3, -0.25) is 9.63 Å². The third-order valence-electron chi connectivity index (χ3n) is 3.55. The SMILES string of the molecule is O=C(NOC1CCCC1)c1cc2ccccc2c(Cl)n1. The Labute approximate surface area is 122 Å². The molecular weight excluding hydrogens is 276 g/mol. The number of hydrogen-bond acceptors (Lipinski definition) is 3. The van der Waals surface area contributed by atoms with Crippen molar-refractivity contribution in [2.24, 2.45) is 0 Å². The minimum atomic E-state index is -0.357. The minimum Gasteiger partial charge on any atom is -0.270 e. The number of aromatic nitrogens is 1. The fourth-order valence-corrected chi connectivity index (χ4v) is 2.73. The molecule has 1 amide bonds. The smallest absolute Gasteiger partial charge is 0.270 e. The van der Waals surface area contributed by atoms with E-state index < -0.39 is 0 Å². The molecule has 0 bridgehead atoms. The summed E-state index contributed by atoms with van der Waals surface area (Å²) in [5.41, 5.74) is 2.74. The van der Waals surface area contributed by atoms with Crippen molar-refractivity contribution in [2.45, 2.75) is 31.8 Å². The highest BCUT2D eigenvalue weighted by Gasteiger charge is 2.18. The number of hydroxylamine groups is 1. The predicted octanol–water partition coefficient (Wildman–Crippen LogP) is 3.49. The monoisotopic (exact) mass is 290 g/mol. The molecule has 1 aliphatic carbocycles. The number of benzene rings is 1. The zero-order chi connectivity index (χ0) is 13.9. The van der Waals surface area contributed by atoms with Crippen molar-refractivity contribution in [3.63, 3.8) is 0 Å². The van der Waals surface area contributed by atoms with Crippen molar-refractivity contribution in [1.82, 2.24) is 10.5 Å². The Hall–Kier alpha value is -1.65. The van der Waals surface area contributed by atoms with Gasteiger partial charge in [0, 0.05) is 5.39 Å². The first-order valence-electron chi connectivity index (χ1n) is 6.75. The van der Waals surface area contributed by atoms with Crippen LogP contribution >= 0.6 is 11.6 Å². The van der Waals surface area contributed by atoms with Crippen molar-refractivity contribution in [3.8, 4) is 0 Å². The summed E-state index contributed by atoms with van der Waals surface area (Å²) in [6.07, 6.45) is 4.41. The molecule has 1 saturated carbocycles. The molecule has 1 aromatic carbocycles. The van der Waals surface area contributed by atoms with Crippen molar-refractivity contribution in [1.29, 1.82) is 0 Å². The molecule has 0 radical (unpaired) electrons. The van der Waals surface area contributed by atoms with Crippen molar-refractivity contribution >= 4 is 28.3 Å². The minimum absolute atomic E-state index is 0.120. The summed E-state index contributed by atoms with van der Waals surface area (Å²) in [5, 5.41) is 2.05. The van der Waals surface area contributed by atoms with E-state index in [1.807, 2.05) is 24.3 Å². The maximum Gasteiger partial charge on any atom is 0.293 e. The number of amides is 1. The Morgan fingerprint density at radius 1 is 1.30 bits per heavy atom. The molecule has 1 aromatic heterocycles. The van der Waals surface area contributed by atoms with Crippen molar-refractivity contribution < 1.29 is 9.63 Å². The van der Waals surface area contributed by atoms with Gasteiger partial charge in [0.2, 0.25) is 0 Å². The highest BCUT2D eigenvalue weighted by atomic mass is 35.5. The van der Waals surface area contributed by atoms with Gasteiger partial charge >= 0.3 is 0 Å². The number of pyridine rings is 1. The van der Waals surface area contributed by atoms with Crippen LogP contribution in [0.25, 0.3) is 10.8 Å². The van der Waals surface area contributed by atoms with Gasteiger partial charge in [-0.05, 0) is 24.3 Å². The fourth-order valence-electron chi connectivity index (χ4n) is 2.47. The van der Waals surface area contributed by atoms with E-state index in [0.717, 1.165) is 36.5 Å². The zero-order valence-corrected chi connectivity index (χ0v) is 11.7. The number of carbonyl (C=O) groups is 1. The molecular formula is C15H15ClN2O2. The lowest BCUT2D eigenvalue weighted by Crippen LogP contribution is -2.29. The molecule has 0 spiro atoms. The summed E-state index contributed by atoms with van der Waals surface area (Å²) in [6, 6.07) is 9.28. The van der Waals surface area contributed by atoms with Gasteiger partial charge in [-0.25, -0.2) is 10.5 Å². The number of halogens is 1. The van der Waals surface area contributed by atoms with Crippen LogP contribution in [0.15, 0.2) is 30.3 Å². The van der Waals surface area contributed by atoms with Crippen LogP contribution in [0.4, 0.5) is 0 Å². The fraction of sp³-hybridized carbons (Fsp3) is 0.333. The second-order valence-electron chi connectivity index (χ2n) is 4.97. The topological polar surface area (TPSA) is 51.2 Å². The lowest BCUT2D eigenvalue weighted by atomic mass is 10.1. The van der Waals surface area contributed by atoms with E-state index in [1.54, 1.807) is 6.07 Å². The molecule has 0 aliphatic heterocycles. The number of fused-ring (bicyclic) bond motifs is 1. The van der Waals surface area contributed by atoms with Crippen LogP contribution in [-0.2, 0) is 4.84 Å². The zero-order valence-electron chi connectivity index (χ0n) is 10.9. The maximum atomic E-state index is 12.0. The molecule has 1 fully saturated rings. The summed E-state index contributed by atoms with van der Waals surface area (Å²) in [5.74, 6) is -0.357. The number of carbonyl (C=O) groups excluding carboxylic acids is 1. The highest BCUT2D eigenvalue weighted by molar-refractivity contribution is 6.34. The second kappa shape index (κ2) is 5.77. The van der Waals surface area contributed by atoms with Crippen LogP contribution in [0.3, 0.4) is 0 Å². The van der Waals surface area contributed by atoms with Gasteiger partial charge < -0.3 is 0 Å². The largest absolute Gasteiger partial charge is 0.293 e. The molecule has 1 aliphatic rings. The van der Waals surface area contributed by atoms with E-state index in [1.165, 1.54) is 0 Å². The first kappa shape index (κ1) is 13.3. The van der Waals surface area contributed by atoms with Crippen LogP contribution in [0, 0.1) is 0 Å². The van der Waals surface area contributed by atoms with Crippen LogP contribution < -0.4 is 5.48 Å². The van der Waals surface area contributed by atoms with E-state index in [-0.39, 0.29) is 17.7 Å². The summed E-state index contributed by atoms with van der Waals surface area (Å²) < 4.78 is 0. The Balaban J connectivity index is 1.77. The summed E-state index contributed by atoms with van der Waals surface area (Å²) in [7, 11) is 0. The summed E-state index contributed by atoms with van der Waals surface area (Å²) in [6.45, 7) is 0. The van der Waals surface area contributed by atoms with Gasteiger partial charge in [-0.1, -0.05) is 48.7 Å². The average molecular weight is 291 g/mol. The van der Waals surface area contributed by atoms with Gasteiger partial charge in [0.1, 0.15) is 10.8 Å². The number of rotatable bonds is 3. The average Bonchev–Trinajstić information content (AvgIpc) is 2.98. The van der Waals surface area contributed by atoms with Crippen LogP contribution in [0.2, 0.25) is 5.15 Å². The Morgan fingerprint density at radius 3 is 2.85 bits per heavy atom. The van der Waals surface area contributed by atoms with E-state index in [2.05, 4.69) is 10.5 Å². The normalized spacial score (nSPS) is 15.7. The number of hydrogen-bond donors (Lipinski definition) is 1. The molecule has 2 aromatic rings. The van der Waals surface area contributed by atoms with Crippen molar-refractivity contribution in [3.05, 3.63) is 41.2 Å². The molecule has 1 heterocycles. The number of nitrogens with zero attached hydrogens (tertiary/aromatic N) is 1. The molecule has 3 rings (SSSR count). The first-order valence-corrected chi connectivity index (χ1v) is 7.13. The maximum absolute atomic E-state index is 12.0. The molecule has 4 nitrogen and oxygen atoms in total. The molecule has 0 atom stereocenters. The Kier molecular flexibility index (Phi) is 3.85. The Bertz CT molecular complexity index is 639. The van der Waals surface area contributed by atoms with Crippen molar-refractivity contribution in [2.75, 3.05) is 0 Å². The summed E-state index contributed by atoms with van der Waals surface area (Å²) in [4.78, 5) is 21.5. The standard InChI is InChI=1S/C15H15ClN2O2/c16-14-12-8-4-1-5-10(12)9-13(17-14)15(19)18-20-11-6-2-3-7-11/h1,4-5,8-9,11H,2-3,6-7H2,(H,18,19).